The molecule has 0 heteroatoms. The van der Waals surface area contributed by atoms with Gasteiger partial charge in [0.25, 0.3) is 0 Å². The van der Waals surface area contributed by atoms with Gasteiger partial charge < -0.3 is 0 Å². The van der Waals surface area contributed by atoms with Crippen LogP contribution >= 0.6 is 0 Å². The Morgan fingerprint density at radius 3 is 1.63 bits per heavy atom. The third-order valence-electron chi connectivity index (χ3n) is 6.00. The molecule has 0 aromatic heterocycles. The molecule has 19 heavy (non-hydrogen) atoms. The fraction of sp³-hybridized carbons (Fsp3) is 1.00. The maximum atomic E-state index is 2.47. The summed E-state index contributed by atoms with van der Waals surface area (Å²) in [4.78, 5) is 0. The Morgan fingerprint density at radius 1 is 0.842 bits per heavy atom. The van der Waals surface area contributed by atoms with Crippen molar-refractivity contribution in [3.05, 3.63) is 0 Å². The number of hydrogen-bond acceptors (Lipinski definition) is 0. The summed E-state index contributed by atoms with van der Waals surface area (Å²) in [6.07, 6.45) is 4.08. The van der Waals surface area contributed by atoms with E-state index in [1.165, 1.54) is 19.3 Å². The molecule has 3 atom stereocenters. The zero-order valence-corrected chi connectivity index (χ0v) is 15.4. The van der Waals surface area contributed by atoms with Gasteiger partial charge in [-0.2, -0.15) is 0 Å². The van der Waals surface area contributed by atoms with Crippen LogP contribution in [0.4, 0.5) is 0 Å². The number of hydrogen-bond donors (Lipinski definition) is 0. The van der Waals surface area contributed by atoms with Gasteiger partial charge >= 0.3 is 0 Å². The van der Waals surface area contributed by atoms with E-state index < -0.39 is 0 Å². The zero-order chi connectivity index (χ0) is 15.4. The van der Waals surface area contributed by atoms with E-state index in [0.717, 1.165) is 23.7 Å². The van der Waals surface area contributed by atoms with Gasteiger partial charge in [0, 0.05) is 0 Å². The van der Waals surface area contributed by atoms with Crippen molar-refractivity contribution in [2.75, 3.05) is 0 Å². The molecule has 0 saturated carbocycles. The minimum atomic E-state index is 0.386. The van der Waals surface area contributed by atoms with Gasteiger partial charge in [0.15, 0.2) is 0 Å². The highest BCUT2D eigenvalue weighted by molar-refractivity contribution is 4.86. The molecule has 0 fully saturated rings. The third-order valence-corrected chi connectivity index (χ3v) is 6.00. The number of rotatable bonds is 7. The van der Waals surface area contributed by atoms with Crippen LogP contribution in [0.1, 0.15) is 88.5 Å². The predicted octanol–water partition coefficient (Wildman–Crippen LogP) is 6.79. The Bertz CT molecular complexity index is 241. The third kappa shape index (κ3) is 5.88. The lowest BCUT2D eigenvalue weighted by Crippen LogP contribution is -2.34. The summed E-state index contributed by atoms with van der Waals surface area (Å²) in [5, 5.41) is 0. The first-order valence-corrected chi connectivity index (χ1v) is 8.42. The Morgan fingerprint density at radius 2 is 1.32 bits per heavy atom. The van der Waals surface area contributed by atoms with Gasteiger partial charge in [-0.05, 0) is 47.3 Å². The molecule has 0 nitrogen and oxygen atoms in total. The van der Waals surface area contributed by atoms with Crippen LogP contribution in [0.2, 0.25) is 0 Å². The molecule has 0 aromatic rings. The summed E-state index contributed by atoms with van der Waals surface area (Å²) in [5.74, 6) is 3.35. The van der Waals surface area contributed by atoms with Crippen molar-refractivity contribution in [1.82, 2.24) is 0 Å². The highest BCUT2D eigenvalue weighted by Gasteiger charge is 2.36. The molecule has 3 unspecified atom stereocenters. The van der Waals surface area contributed by atoms with E-state index in [9.17, 15) is 0 Å². The smallest absolute Gasteiger partial charge is 0.0303 e. The van der Waals surface area contributed by atoms with E-state index in [-0.39, 0.29) is 0 Å². The lowest BCUT2D eigenvalue weighted by Gasteiger charge is -2.44. The van der Waals surface area contributed by atoms with Crippen molar-refractivity contribution in [2.45, 2.75) is 88.5 Å². The molecule has 0 bridgehead atoms. The standard InChI is InChI=1S/C19H40/c1-11-15(4)12-17(16(5)14(2)3)13-19(9,10)18(6,7)8/h14-17H,11-13H2,1-10H3. The van der Waals surface area contributed by atoms with Crippen LogP contribution in [0.25, 0.3) is 0 Å². The van der Waals surface area contributed by atoms with Gasteiger partial charge in [0.1, 0.15) is 0 Å². The highest BCUT2D eigenvalue weighted by atomic mass is 14.4. The van der Waals surface area contributed by atoms with E-state index in [0.29, 0.717) is 10.8 Å². The summed E-state index contributed by atoms with van der Waals surface area (Å²) in [7, 11) is 0. The summed E-state index contributed by atoms with van der Waals surface area (Å²) in [6, 6.07) is 0. The van der Waals surface area contributed by atoms with Crippen molar-refractivity contribution in [1.29, 1.82) is 0 Å². The average Bonchev–Trinajstić information content (AvgIpc) is 2.24. The van der Waals surface area contributed by atoms with Crippen molar-refractivity contribution < 1.29 is 0 Å². The first-order valence-electron chi connectivity index (χ1n) is 8.42. The molecular formula is C19H40. The van der Waals surface area contributed by atoms with Gasteiger partial charge in [-0.1, -0.05) is 75.7 Å². The fourth-order valence-corrected chi connectivity index (χ4v) is 2.67. The monoisotopic (exact) mass is 268 g/mol. The molecule has 0 spiro atoms. The molecule has 0 amide bonds. The minimum absolute atomic E-state index is 0.386. The second-order valence-corrected chi connectivity index (χ2v) is 8.95. The van der Waals surface area contributed by atoms with Crippen LogP contribution in [0.3, 0.4) is 0 Å². The molecule has 0 aliphatic heterocycles. The van der Waals surface area contributed by atoms with Gasteiger partial charge in [-0.15, -0.1) is 0 Å². The first kappa shape index (κ1) is 19.0. The zero-order valence-electron chi connectivity index (χ0n) is 15.4. The normalized spacial score (nSPS) is 18.5. The first-order chi connectivity index (χ1) is 8.42. The summed E-state index contributed by atoms with van der Waals surface area (Å²) in [6.45, 7) is 24.1. The van der Waals surface area contributed by atoms with Crippen molar-refractivity contribution in [3.63, 3.8) is 0 Å². The SMILES string of the molecule is CCC(C)CC(CC(C)(C)C(C)(C)C)C(C)C(C)C. The molecule has 0 aliphatic carbocycles. The quantitative estimate of drug-likeness (QED) is 0.476. The van der Waals surface area contributed by atoms with E-state index in [4.69, 9.17) is 0 Å². The van der Waals surface area contributed by atoms with E-state index in [2.05, 4.69) is 69.2 Å². The van der Waals surface area contributed by atoms with E-state index in [1.54, 1.807) is 0 Å². The molecule has 0 saturated heterocycles. The van der Waals surface area contributed by atoms with Crippen molar-refractivity contribution in [2.24, 2.45) is 34.5 Å². The van der Waals surface area contributed by atoms with Crippen molar-refractivity contribution in [3.8, 4) is 0 Å². The van der Waals surface area contributed by atoms with Crippen LogP contribution in [0.5, 0.6) is 0 Å². The lowest BCUT2D eigenvalue weighted by molar-refractivity contribution is 0.0638. The maximum Gasteiger partial charge on any atom is -0.0303 e. The lowest BCUT2D eigenvalue weighted by atomic mass is 9.62. The van der Waals surface area contributed by atoms with Gasteiger partial charge in [-0.25, -0.2) is 0 Å². The van der Waals surface area contributed by atoms with Crippen LogP contribution < -0.4 is 0 Å². The molecule has 0 heterocycles. The van der Waals surface area contributed by atoms with E-state index in [1.807, 2.05) is 0 Å². The Hall–Kier alpha value is 0. The van der Waals surface area contributed by atoms with Gasteiger partial charge in [-0.3, -0.25) is 0 Å². The second kappa shape index (κ2) is 7.14. The van der Waals surface area contributed by atoms with Crippen LogP contribution in [0, 0.1) is 34.5 Å². The second-order valence-electron chi connectivity index (χ2n) is 8.95. The van der Waals surface area contributed by atoms with Gasteiger partial charge in [0.2, 0.25) is 0 Å². The molecule has 0 aliphatic rings. The largest absolute Gasteiger partial charge is 0.0651 e. The van der Waals surface area contributed by atoms with Crippen LogP contribution in [-0.4, -0.2) is 0 Å². The minimum Gasteiger partial charge on any atom is -0.0651 e. The predicted molar refractivity (Wildman–Crippen MR) is 89.4 cm³/mol. The van der Waals surface area contributed by atoms with Crippen molar-refractivity contribution >= 4 is 0 Å². The average molecular weight is 269 g/mol. The fourth-order valence-electron chi connectivity index (χ4n) is 2.67. The molecule has 0 rings (SSSR count). The molecular weight excluding hydrogens is 228 g/mol. The van der Waals surface area contributed by atoms with E-state index >= 15 is 0 Å². The summed E-state index contributed by atoms with van der Waals surface area (Å²) in [5.41, 5.74) is 0.797. The molecule has 116 valence electrons. The summed E-state index contributed by atoms with van der Waals surface area (Å²) < 4.78 is 0. The highest BCUT2D eigenvalue weighted by Crippen LogP contribution is 2.46. The molecule has 0 aromatic carbocycles. The Kier molecular flexibility index (Phi) is 7.14. The van der Waals surface area contributed by atoms with Crippen LogP contribution in [0.15, 0.2) is 0 Å². The Balaban J connectivity index is 4.95. The summed E-state index contributed by atoms with van der Waals surface area (Å²) >= 11 is 0. The molecule has 0 N–H and O–H groups in total. The molecule has 0 radical (unpaired) electrons. The maximum absolute atomic E-state index is 2.47. The topological polar surface area (TPSA) is 0 Å². The Labute approximate surface area is 123 Å². The van der Waals surface area contributed by atoms with Crippen LogP contribution in [-0.2, 0) is 0 Å². The van der Waals surface area contributed by atoms with Gasteiger partial charge in [0.05, 0.1) is 0 Å².